The van der Waals surface area contributed by atoms with E-state index in [0.29, 0.717) is 23.2 Å². The molecule has 0 unspecified atom stereocenters. The number of aliphatic hydroxyl groups is 1. The molecular formula is C15H22Cl2N2O2. The molecule has 1 aromatic heterocycles. The van der Waals surface area contributed by atoms with E-state index in [4.69, 9.17) is 27.9 Å². The Morgan fingerprint density at radius 3 is 2.71 bits per heavy atom. The van der Waals surface area contributed by atoms with Gasteiger partial charge in [-0.1, -0.05) is 23.2 Å². The molecule has 1 aliphatic rings. The lowest BCUT2D eigenvalue weighted by atomic mass is 9.78. The molecule has 118 valence electrons. The first-order chi connectivity index (χ1) is 10.1. The van der Waals surface area contributed by atoms with E-state index in [-0.39, 0.29) is 12.0 Å². The van der Waals surface area contributed by atoms with Gasteiger partial charge in [0.15, 0.2) is 0 Å². The number of ether oxygens (including phenoxy) is 1. The maximum atomic E-state index is 9.82. The lowest BCUT2D eigenvalue weighted by Crippen LogP contribution is -2.45. The monoisotopic (exact) mass is 332 g/mol. The van der Waals surface area contributed by atoms with Crippen molar-refractivity contribution >= 4 is 23.2 Å². The molecular weight excluding hydrogens is 311 g/mol. The van der Waals surface area contributed by atoms with Gasteiger partial charge in [-0.15, -0.1) is 0 Å². The second kappa shape index (κ2) is 7.75. The minimum atomic E-state index is -0.0831. The normalized spacial score (nSPS) is 23.4. The summed E-state index contributed by atoms with van der Waals surface area (Å²) in [5.41, 5.74) is 0.828. The second-order valence-electron chi connectivity index (χ2n) is 5.80. The Morgan fingerprint density at radius 1 is 1.38 bits per heavy atom. The number of hydrogen-bond acceptors (Lipinski definition) is 4. The van der Waals surface area contributed by atoms with Gasteiger partial charge in [-0.2, -0.15) is 0 Å². The molecule has 21 heavy (non-hydrogen) atoms. The molecule has 2 heterocycles. The predicted molar refractivity (Wildman–Crippen MR) is 84.8 cm³/mol. The van der Waals surface area contributed by atoms with E-state index in [1.54, 1.807) is 19.5 Å². The van der Waals surface area contributed by atoms with Crippen LogP contribution in [0.2, 0.25) is 10.0 Å². The molecule has 0 spiro atoms. The number of nitrogens with zero attached hydrogens (tertiary/aromatic N) is 2. The summed E-state index contributed by atoms with van der Waals surface area (Å²) in [4.78, 5) is 6.29. The Labute approximate surface area is 136 Å². The number of aliphatic hydroxyl groups excluding tert-OH is 1. The SMILES string of the molecule is COCC[C@]1(CO)CCCN(Cc2c(Cl)cncc2Cl)C1. The molecule has 1 fully saturated rings. The van der Waals surface area contributed by atoms with E-state index >= 15 is 0 Å². The second-order valence-corrected chi connectivity index (χ2v) is 6.61. The van der Waals surface area contributed by atoms with Crippen LogP contribution in [0, 0.1) is 5.41 Å². The highest BCUT2D eigenvalue weighted by Crippen LogP contribution is 2.35. The fourth-order valence-electron chi connectivity index (χ4n) is 2.99. The number of halogens is 2. The van der Waals surface area contributed by atoms with Crippen molar-refractivity contribution in [3.63, 3.8) is 0 Å². The fourth-order valence-corrected chi connectivity index (χ4v) is 3.47. The Morgan fingerprint density at radius 2 is 2.10 bits per heavy atom. The first kappa shape index (κ1) is 17.0. The highest BCUT2D eigenvalue weighted by Gasteiger charge is 2.34. The topological polar surface area (TPSA) is 45.6 Å². The number of pyridine rings is 1. The van der Waals surface area contributed by atoms with Crippen LogP contribution in [0.25, 0.3) is 0 Å². The van der Waals surface area contributed by atoms with Crippen LogP contribution in [0.5, 0.6) is 0 Å². The van der Waals surface area contributed by atoms with Crippen molar-refractivity contribution < 1.29 is 9.84 Å². The van der Waals surface area contributed by atoms with E-state index in [9.17, 15) is 5.11 Å². The van der Waals surface area contributed by atoms with Gasteiger partial charge in [0.2, 0.25) is 0 Å². The minimum absolute atomic E-state index is 0.0831. The van der Waals surface area contributed by atoms with Crippen LogP contribution in [-0.2, 0) is 11.3 Å². The molecule has 0 radical (unpaired) electrons. The van der Waals surface area contributed by atoms with E-state index in [1.807, 2.05) is 0 Å². The summed E-state index contributed by atoms with van der Waals surface area (Å²) < 4.78 is 5.18. The van der Waals surface area contributed by atoms with Gasteiger partial charge in [-0.3, -0.25) is 9.88 Å². The summed E-state index contributed by atoms with van der Waals surface area (Å²) >= 11 is 12.4. The van der Waals surface area contributed by atoms with Crippen molar-refractivity contribution in [2.45, 2.75) is 25.8 Å². The zero-order chi connectivity index (χ0) is 15.3. The van der Waals surface area contributed by atoms with Crippen LogP contribution in [0.3, 0.4) is 0 Å². The van der Waals surface area contributed by atoms with Gasteiger partial charge in [-0.25, -0.2) is 0 Å². The van der Waals surface area contributed by atoms with Gasteiger partial charge in [0.1, 0.15) is 0 Å². The molecule has 6 heteroatoms. The number of likely N-dealkylation sites (tertiary alicyclic amines) is 1. The molecule has 0 aromatic carbocycles. The number of piperidine rings is 1. The predicted octanol–water partition coefficient (Wildman–Crippen LogP) is 3.00. The minimum Gasteiger partial charge on any atom is -0.396 e. The largest absolute Gasteiger partial charge is 0.396 e. The average molecular weight is 333 g/mol. The van der Waals surface area contributed by atoms with E-state index in [2.05, 4.69) is 9.88 Å². The van der Waals surface area contributed by atoms with Crippen molar-refractivity contribution in [3.8, 4) is 0 Å². The van der Waals surface area contributed by atoms with Crippen LogP contribution < -0.4 is 0 Å². The third-order valence-electron chi connectivity index (χ3n) is 4.25. The molecule has 1 aromatic rings. The molecule has 1 aliphatic heterocycles. The maximum absolute atomic E-state index is 9.82. The van der Waals surface area contributed by atoms with Crippen molar-refractivity contribution in [2.75, 3.05) is 33.4 Å². The molecule has 0 saturated carbocycles. The fraction of sp³-hybridized carbons (Fsp3) is 0.667. The number of methoxy groups -OCH3 is 1. The van der Waals surface area contributed by atoms with Gasteiger partial charge in [0.25, 0.3) is 0 Å². The lowest BCUT2D eigenvalue weighted by Gasteiger charge is -2.42. The molecule has 0 bridgehead atoms. The highest BCUT2D eigenvalue weighted by atomic mass is 35.5. The smallest absolute Gasteiger partial charge is 0.0649 e. The molecule has 2 rings (SSSR count). The number of hydrogen-bond donors (Lipinski definition) is 1. The maximum Gasteiger partial charge on any atom is 0.0649 e. The summed E-state index contributed by atoms with van der Waals surface area (Å²) in [7, 11) is 1.70. The number of aromatic nitrogens is 1. The van der Waals surface area contributed by atoms with Crippen molar-refractivity contribution in [1.29, 1.82) is 0 Å². The van der Waals surface area contributed by atoms with Crippen molar-refractivity contribution in [2.24, 2.45) is 5.41 Å². The summed E-state index contributed by atoms with van der Waals surface area (Å²) in [5.74, 6) is 0. The van der Waals surface area contributed by atoms with E-state index in [0.717, 1.165) is 37.9 Å². The first-order valence-corrected chi connectivity index (χ1v) is 7.96. The molecule has 0 aliphatic carbocycles. The van der Waals surface area contributed by atoms with Crippen LogP contribution in [0.4, 0.5) is 0 Å². The van der Waals surface area contributed by atoms with Gasteiger partial charge in [0, 0.05) is 50.2 Å². The summed E-state index contributed by atoms with van der Waals surface area (Å²) in [5, 5.41) is 11.0. The van der Waals surface area contributed by atoms with Crippen LogP contribution in [-0.4, -0.2) is 48.4 Å². The van der Waals surface area contributed by atoms with Crippen LogP contribution in [0.15, 0.2) is 12.4 Å². The molecule has 1 N–H and O–H groups in total. The first-order valence-electron chi connectivity index (χ1n) is 7.20. The van der Waals surface area contributed by atoms with Crippen LogP contribution in [0.1, 0.15) is 24.8 Å². The van der Waals surface area contributed by atoms with Crippen molar-refractivity contribution in [1.82, 2.24) is 9.88 Å². The Kier molecular flexibility index (Phi) is 6.26. The van der Waals surface area contributed by atoms with Gasteiger partial charge in [-0.05, 0) is 25.8 Å². The third kappa shape index (κ3) is 4.30. The van der Waals surface area contributed by atoms with E-state index < -0.39 is 0 Å². The Balaban J connectivity index is 2.07. The summed E-state index contributed by atoms with van der Waals surface area (Å²) in [6.45, 7) is 3.37. The van der Waals surface area contributed by atoms with Gasteiger partial charge >= 0.3 is 0 Å². The van der Waals surface area contributed by atoms with Gasteiger partial charge < -0.3 is 9.84 Å². The summed E-state index contributed by atoms with van der Waals surface area (Å²) in [6, 6.07) is 0. The summed E-state index contributed by atoms with van der Waals surface area (Å²) in [6.07, 6.45) is 6.20. The van der Waals surface area contributed by atoms with Crippen molar-refractivity contribution in [3.05, 3.63) is 28.0 Å². The Hall–Kier alpha value is -0.390. The van der Waals surface area contributed by atoms with Gasteiger partial charge in [0.05, 0.1) is 16.7 Å². The molecule has 1 saturated heterocycles. The highest BCUT2D eigenvalue weighted by molar-refractivity contribution is 6.35. The number of rotatable bonds is 6. The zero-order valence-electron chi connectivity index (χ0n) is 12.3. The molecule has 1 atom stereocenters. The molecule has 0 amide bonds. The Bertz CT molecular complexity index is 453. The average Bonchev–Trinajstić information content (AvgIpc) is 2.49. The molecule has 4 nitrogen and oxygen atoms in total. The van der Waals surface area contributed by atoms with Crippen LogP contribution >= 0.6 is 23.2 Å². The lowest BCUT2D eigenvalue weighted by molar-refractivity contribution is 0.00477. The quantitative estimate of drug-likeness (QED) is 0.869. The van der Waals surface area contributed by atoms with E-state index in [1.165, 1.54) is 0 Å². The third-order valence-corrected chi connectivity index (χ3v) is 4.90. The zero-order valence-corrected chi connectivity index (χ0v) is 13.8. The standard InChI is InChI=1S/C15H22Cl2N2O2/c1-21-6-4-15(11-20)3-2-5-19(10-15)9-12-13(16)7-18-8-14(12)17/h7-8,20H,2-6,9-11H2,1H3/t15-/m1/s1.